The molecule has 0 radical (unpaired) electrons. The molecule has 12 heavy (non-hydrogen) atoms. The number of nitriles is 1. The molecule has 2 amide bonds. The van der Waals surface area contributed by atoms with Crippen LogP contribution >= 0.6 is 11.8 Å². The van der Waals surface area contributed by atoms with Gasteiger partial charge >= 0.3 is 6.03 Å². The van der Waals surface area contributed by atoms with Gasteiger partial charge in [-0.2, -0.15) is 5.26 Å². The molecule has 0 aromatic rings. The van der Waals surface area contributed by atoms with Crippen molar-refractivity contribution < 1.29 is 4.79 Å². The van der Waals surface area contributed by atoms with E-state index >= 15 is 0 Å². The van der Waals surface area contributed by atoms with Gasteiger partial charge in [0.1, 0.15) is 6.54 Å². The van der Waals surface area contributed by atoms with Gasteiger partial charge in [0.05, 0.1) is 11.9 Å². The van der Waals surface area contributed by atoms with E-state index in [0.29, 0.717) is 5.88 Å². The standard InChI is InChI=1S/C7H9N3OS/c1-9(3-2-8)7(11)10-4-5-12-6-10/h4-5H,3,6H2,1H3. The highest BCUT2D eigenvalue weighted by atomic mass is 32.2. The van der Waals surface area contributed by atoms with Crippen LogP contribution in [0.5, 0.6) is 0 Å². The molecule has 64 valence electrons. The van der Waals surface area contributed by atoms with E-state index in [1.54, 1.807) is 29.9 Å². The minimum absolute atomic E-state index is 0.127. The minimum atomic E-state index is -0.127. The molecule has 0 unspecified atom stereocenters. The maximum Gasteiger partial charge on any atom is 0.325 e. The molecule has 0 aromatic carbocycles. The summed E-state index contributed by atoms with van der Waals surface area (Å²) in [5.74, 6) is 0.647. The van der Waals surface area contributed by atoms with Crippen molar-refractivity contribution in [3.05, 3.63) is 11.6 Å². The van der Waals surface area contributed by atoms with E-state index in [-0.39, 0.29) is 12.6 Å². The Morgan fingerprint density at radius 2 is 2.67 bits per heavy atom. The van der Waals surface area contributed by atoms with Gasteiger partial charge in [-0.3, -0.25) is 4.90 Å². The van der Waals surface area contributed by atoms with Crippen molar-refractivity contribution in [1.29, 1.82) is 5.26 Å². The summed E-state index contributed by atoms with van der Waals surface area (Å²) in [6.45, 7) is 0.133. The Labute approximate surface area is 75.4 Å². The fourth-order valence-electron chi connectivity index (χ4n) is 0.795. The molecule has 0 aromatic heterocycles. The molecule has 0 saturated heterocycles. The number of hydrogen-bond donors (Lipinski definition) is 0. The second-order valence-corrected chi connectivity index (χ2v) is 3.21. The van der Waals surface area contributed by atoms with Gasteiger partial charge in [0.2, 0.25) is 0 Å². The second-order valence-electron chi connectivity index (χ2n) is 2.35. The molecular weight excluding hydrogens is 174 g/mol. The SMILES string of the molecule is CN(CC#N)C(=O)N1C=CSC1. The summed E-state index contributed by atoms with van der Waals surface area (Å²) in [5, 5.41) is 10.2. The summed E-state index contributed by atoms with van der Waals surface area (Å²) in [6, 6.07) is 1.79. The average Bonchev–Trinajstić information content (AvgIpc) is 2.55. The zero-order valence-corrected chi connectivity index (χ0v) is 7.54. The molecule has 1 rings (SSSR count). The largest absolute Gasteiger partial charge is 0.325 e. The average molecular weight is 183 g/mol. The fraction of sp³-hybridized carbons (Fsp3) is 0.429. The second kappa shape index (κ2) is 4.02. The van der Waals surface area contributed by atoms with Crippen molar-refractivity contribution in [2.75, 3.05) is 19.5 Å². The molecule has 5 heteroatoms. The molecule has 0 saturated carbocycles. The maximum atomic E-state index is 11.4. The van der Waals surface area contributed by atoms with Crippen LogP contribution in [0.15, 0.2) is 11.6 Å². The summed E-state index contributed by atoms with van der Waals surface area (Å²) in [5.41, 5.74) is 0. The summed E-state index contributed by atoms with van der Waals surface area (Å²) in [6.07, 6.45) is 1.72. The Balaban J connectivity index is 2.47. The Morgan fingerprint density at radius 1 is 1.92 bits per heavy atom. The number of amides is 2. The highest BCUT2D eigenvalue weighted by Gasteiger charge is 2.17. The fourth-order valence-corrected chi connectivity index (χ4v) is 1.47. The van der Waals surface area contributed by atoms with E-state index < -0.39 is 0 Å². The lowest BCUT2D eigenvalue weighted by Crippen LogP contribution is -2.36. The highest BCUT2D eigenvalue weighted by molar-refractivity contribution is 8.02. The summed E-state index contributed by atoms with van der Waals surface area (Å²) in [7, 11) is 1.61. The van der Waals surface area contributed by atoms with Crippen molar-refractivity contribution in [3.8, 4) is 6.07 Å². The van der Waals surface area contributed by atoms with Crippen LogP contribution in [0.4, 0.5) is 4.79 Å². The van der Waals surface area contributed by atoms with Gasteiger partial charge in [-0.1, -0.05) is 0 Å². The zero-order valence-electron chi connectivity index (χ0n) is 6.73. The first-order valence-electron chi connectivity index (χ1n) is 3.42. The molecule has 1 aliphatic heterocycles. The predicted octanol–water partition coefficient (Wildman–Crippen LogP) is 1.04. The van der Waals surface area contributed by atoms with Crippen LogP contribution in [0, 0.1) is 11.3 Å². The molecule has 0 bridgehead atoms. The first-order chi connectivity index (χ1) is 5.75. The van der Waals surface area contributed by atoms with Crippen LogP contribution in [0.2, 0.25) is 0 Å². The van der Waals surface area contributed by atoms with Crippen LogP contribution in [0.1, 0.15) is 0 Å². The molecule has 0 spiro atoms. The summed E-state index contributed by atoms with van der Waals surface area (Å²) in [4.78, 5) is 14.3. The van der Waals surface area contributed by atoms with Crippen molar-refractivity contribution >= 4 is 17.8 Å². The normalized spacial score (nSPS) is 14.5. The van der Waals surface area contributed by atoms with Gasteiger partial charge in [0.25, 0.3) is 0 Å². The van der Waals surface area contributed by atoms with E-state index in [1.165, 1.54) is 4.90 Å². The third-order valence-corrected chi connectivity index (χ3v) is 2.17. The monoisotopic (exact) mass is 183 g/mol. The van der Waals surface area contributed by atoms with Crippen LogP contribution in [0.25, 0.3) is 0 Å². The molecule has 0 atom stereocenters. The quantitative estimate of drug-likeness (QED) is 0.571. The number of thioether (sulfide) groups is 1. The van der Waals surface area contributed by atoms with Gasteiger partial charge < -0.3 is 4.90 Å². The van der Waals surface area contributed by atoms with Crippen LogP contribution in [-0.2, 0) is 0 Å². The molecule has 0 N–H and O–H groups in total. The van der Waals surface area contributed by atoms with E-state index in [2.05, 4.69) is 0 Å². The van der Waals surface area contributed by atoms with Crippen molar-refractivity contribution in [1.82, 2.24) is 9.80 Å². The van der Waals surface area contributed by atoms with E-state index in [0.717, 1.165) is 0 Å². The van der Waals surface area contributed by atoms with Gasteiger partial charge in [-0.05, 0) is 5.41 Å². The number of nitrogens with zero attached hydrogens (tertiary/aromatic N) is 3. The Kier molecular flexibility index (Phi) is 3.00. The zero-order chi connectivity index (χ0) is 8.97. The summed E-state index contributed by atoms with van der Waals surface area (Å²) >= 11 is 1.56. The third kappa shape index (κ3) is 1.92. The lowest BCUT2D eigenvalue weighted by molar-refractivity contribution is 0.191. The third-order valence-electron chi connectivity index (χ3n) is 1.43. The highest BCUT2D eigenvalue weighted by Crippen LogP contribution is 2.15. The van der Waals surface area contributed by atoms with Crippen LogP contribution < -0.4 is 0 Å². The van der Waals surface area contributed by atoms with Crippen molar-refractivity contribution in [2.45, 2.75) is 0 Å². The van der Waals surface area contributed by atoms with E-state index in [1.807, 2.05) is 11.5 Å². The Morgan fingerprint density at radius 3 is 3.17 bits per heavy atom. The lowest BCUT2D eigenvalue weighted by Gasteiger charge is -2.19. The van der Waals surface area contributed by atoms with E-state index in [9.17, 15) is 4.79 Å². The number of hydrogen-bond acceptors (Lipinski definition) is 3. The molecular formula is C7H9N3OS. The van der Waals surface area contributed by atoms with Gasteiger partial charge in [-0.25, -0.2) is 4.79 Å². The lowest BCUT2D eigenvalue weighted by atomic mass is 10.6. The molecule has 0 aliphatic carbocycles. The van der Waals surface area contributed by atoms with Gasteiger partial charge in [0.15, 0.2) is 0 Å². The van der Waals surface area contributed by atoms with Gasteiger partial charge in [-0.15, -0.1) is 11.8 Å². The maximum absolute atomic E-state index is 11.4. The number of carbonyl (C=O) groups excluding carboxylic acids is 1. The number of carbonyl (C=O) groups is 1. The summed E-state index contributed by atoms with van der Waals surface area (Å²) < 4.78 is 0. The smallest absolute Gasteiger partial charge is 0.314 e. The minimum Gasteiger partial charge on any atom is -0.314 e. The molecule has 0 fully saturated rings. The number of urea groups is 1. The Hall–Kier alpha value is -1.15. The topological polar surface area (TPSA) is 47.3 Å². The molecule has 1 heterocycles. The first-order valence-corrected chi connectivity index (χ1v) is 4.47. The molecule has 4 nitrogen and oxygen atoms in total. The van der Waals surface area contributed by atoms with Crippen LogP contribution in [-0.4, -0.2) is 35.3 Å². The van der Waals surface area contributed by atoms with Crippen LogP contribution in [0.3, 0.4) is 0 Å². The molecule has 1 aliphatic rings. The number of rotatable bonds is 1. The predicted molar refractivity (Wildman–Crippen MR) is 47.1 cm³/mol. The van der Waals surface area contributed by atoms with E-state index in [4.69, 9.17) is 5.26 Å². The van der Waals surface area contributed by atoms with Gasteiger partial charge in [0, 0.05) is 13.2 Å². The Bertz CT molecular complexity index is 246. The first kappa shape index (κ1) is 8.94. The van der Waals surface area contributed by atoms with Crippen molar-refractivity contribution in [3.63, 3.8) is 0 Å². The van der Waals surface area contributed by atoms with Crippen molar-refractivity contribution in [2.24, 2.45) is 0 Å².